The fourth-order valence-electron chi connectivity index (χ4n) is 1.77. The van der Waals surface area contributed by atoms with Crippen molar-refractivity contribution in [1.82, 2.24) is 15.2 Å². The molecule has 24 heavy (non-hydrogen) atoms. The molecular weight excluding hydrogens is 361 g/mol. The van der Waals surface area contributed by atoms with E-state index in [1.54, 1.807) is 0 Å². The van der Waals surface area contributed by atoms with Crippen LogP contribution in [0.4, 0.5) is 18.9 Å². The molecule has 0 bridgehead atoms. The topological polar surface area (TPSA) is 70.7 Å². The molecule has 2 aromatic heterocycles. The summed E-state index contributed by atoms with van der Waals surface area (Å²) >= 11 is 2.52. The molecule has 1 amide bonds. The van der Waals surface area contributed by atoms with E-state index in [9.17, 15) is 18.0 Å². The highest BCUT2D eigenvalue weighted by atomic mass is 32.2. The summed E-state index contributed by atoms with van der Waals surface area (Å²) in [5, 5.41) is 11.1. The Hall–Kier alpha value is -2.33. The summed E-state index contributed by atoms with van der Waals surface area (Å²) in [7, 11) is 0. The largest absolute Gasteiger partial charge is 0.323 e. The summed E-state index contributed by atoms with van der Waals surface area (Å²) in [6.45, 7) is 0. The molecule has 0 radical (unpaired) electrons. The van der Waals surface area contributed by atoms with Gasteiger partial charge in [0.2, 0.25) is 11.1 Å². The number of carbonyl (C=O) groups excluding carboxylic acids is 1. The maximum absolute atomic E-state index is 13.5. The second kappa shape index (κ2) is 7.05. The molecule has 0 aliphatic carbocycles. The maximum Gasteiger partial charge on any atom is 0.234 e. The summed E-state index contributed by atoms with van der Waals surface area (Å²) in [5.74, 6) is -4.50. The number of aromatic amines is 1. The van der Waals surface area contributed by atoms with Crippen LogP contribution in [0.25, 0.3) is 10.7 Å². The van der Waals surface area contributed by atoms with Crippen molar-refractivity contribution < 1.29 is 18.0 Å². The van der Waals surface area contributed by atoms with E-state index < -0.39 is 29.0 Å². The van der Waals surface area contributed by atoms with Crippen molar-refractivity contribution in [1.29, 1.82) is 0 Å². The van der Waals surface area contributed by atoms with Gasteiger partial charge in [-0.1, -0.05) is 17.8 Å². The number of benzene rings is 1. The molecule has 0 spiro atoms. The van der Waals surface area contributed by atoms with E-state index in [0.29, 0.717) is 11.0 Å². The van der Waals surface area contributed by atoms with E-state index in [1.165, 1.54) is 11.3 Å². The summed E-state index contributed by atoms with van der Waals surface area (Å²) in [5.41, 5.74) is -0.422. The Balaban J connectivity index is 1.59. The Morgan fingerprint density at radius 2 is 2.08 bits per heavy atom. The van der Waals surface area contributed by atoms with Crippen LogP contribution in [0, 0.1) is 17.5 Å². The van der Waals surface area contributed by atoms with E-state index in [-0.39, 0.29) is 5.75 Å². The molecule has 3 rings (SSSR count). The van der Waals surface area contributed by atoms with Gasteiger partial charge < -0.3 is 5.32 Å². The van der Waals surface area contributed by atoms with Crippen molar-refractivity contribution in [3.05, 3.63) is 47.1 Å². The zero-order valence-corrected chi connectivity index (χ0v) is 13.5. The molecule has 0 unspecified atom stereocenters. The van der Waals surface area contributed by atoms with Crippen molar-refractivity contribution >= 4 is 34.7 Å². The number of rotatable bonds is 5. The normalized spacial score (nSPS) is 10.8. The third-order valence-electron chi connectivity index (χ3n) is 2.86. The molecule has 0 aliphatic rings. The fraction of sp³-hybridized carbons (Fsp3) is 0.0714. The number of thiophene rings is 1. The highest BCUT2D eigenvalue weighted by Gasteiger charge is 2.16. The lowest BCUT2D eigenvalue weighted by Gasteiger charge is -2.06. The number of hydrogen-bond donors (Lipinski definition) is 2. The number of nitrogens with zero attached hydrogens (tertiary/aromatic N) is 2. The highest BCUT2D eigenvalue weighted by molar-refractivity contribution is 7.99. The third-order valence-corrected chi connectivity index (χ3v) is 4.58. The van der Waals surface area contributed by atoms with E-state index in [2.05, 4.69) is 20.5 Å². The SMILES string of the molecule is O=C(CSc1n[nH]c(-c2cccs2)n1)Nc1ccc(F)c(F)c1F. The third kappa shape index (κ3) is 3.60. The van der Waals surface area contributed by atoms with Gasteiger partial charge >= 0.3 is 0 Å². The Bertz CT molecular complexity index is 867. The van der Waals surface area contributed by atoms with Crippen LogP contribution in [-0.4, -0.2) is 26.8 Å². The minimum absolute atomic E-state index is 0.111. The molecule has 0 fully saturated rings. The predicted octanol–water partition coefficient (Wildman–Crippen LogP) is 3.68. The van der Waals surface area contributed by atoms with Gasteiger partial charge in [-0.2, -0.15) is 0 Å². The standard InChI is InChI=1S/C14H9F3N4OS2/c15-7-3-4-8(12(17)11(7)16)18-10(22)6-24-14-19-13(20-21-14)9-2-1-5-23-9/h1-5H,6H2,(H,18,22)(H,19,20,21). The molecule has 2 N–H and O–H groups in total. The maximum atomic E-state index is 13.5. The van der Waals surface area contributed by atoms with Crippen molar-refractivity contribution in [3.8, 4) is 10.7 Å². The molecular formula is C14H9F3N4OS2. The first kappa shape index (κ1) is 16.5. The number of hydrogen-bond acceptors (Lipinski definition) is 5. The monoisotopic (exact) mass is 370 g/mol. The second-order valence-corrected chi connectivity index (χ2v) is 6.39. The lowest BCUT2D eigenvalue weighted by atomic mass is 10.3. The zero-order valence-electron chi connectivity index (χ0n) is 11.8. The molecule has 3 aromatic rings. The van der Waals surface area contributed by atoms with Gasteiger partial charge in [-0.15, -0.1) is 16.4 Å². The van der Waals surface area contributed by atoms with Gasteiger partial charge in [0.1, 0.15) is 0 Å². The van der Waals surface area contributed by atoms with E-state index >= 15 is 0 Å². The van der Waals surface area contributed by atoms with Gasteiger partial charge in [0.25, 0.3) is 0 Å². The van der Waals surface area contributed by atoms with Crippen LogP contribution >= 0.6 is 23.1 Å². The molecule has 5 nitrogen and oxygen atoms in total. The summed E-state index contributed by atoms with van der Waals surface area (Å²) in [6, 6.07) is 5.44. The number of H-pyrrole nitrogens is 1. The zero-order chi connectivity index (χ0) is 17.1. The van der Waals surface area contributed by atoms with Crippen molar-refractivity contribution in [2.45, 2.75) is 5.16 Å². The van der Waals surface area contributed by atoms with Gasteiger partial charge in [-0.3, -0.25) is 9.89 Å². The predicted molar refractivity (Wildman–Crippen MR) is 85.4 cm³/mol. The van der Waals surface area contributed by atoms with Gasteiger partial charge in [0.05, 0.1) is 16.3 Å². The Morgan fingerprint density at radius 1 is 1.25 bits per heavy atom. The van der Waals surface area contributed by atoms with Crippen LogP contribution in [0.5, 0.6) is 0 Å². The van der Waals surface area contributed by atoms with E-state index in [0.717, 1.165) is 28.8 Å². The minimum Gasteiger partial charge on any atom is -0.323 e. The quantitative estimate of drug-likeness (QED) is 0.531. The van der Waals surface area contributed by atoms with Crippen molar-refractivity contribution in [2.24, 2.45) is 0 Å². The number of thioether (sulfide) groups is 1. The molecule has 2 heterocycles. The molecule has 124 valence electrons. The van der Waals surface area contributed by atoms with Crippen LogP contribution in [0.3, 0.4) is 0 Å². The number of carbonyl (C=O) groups is 1. The second-order valence-electron chi connectivity index (χ2n) is 4.50. The van der Waals surface area contributed by atoms with Crippen molar-refractivity contribution in [2.75, 3.05) is 11.1 Å². The minimum atomic E-state index is -1.63. The van der Waals surface area contributed by atoms with Gasteiger partial charge in [-0.05, 0) is 23.6 Å². The van der Waals surface area contributed by atoms with Gasteiger partial charge in [-0.25, -0.2) is 18.2 Å². The average molecular weight is 370 g/mol. The molecule has 0 saturated heterocycles. The van der Waals surface area contributed by atoms with E-state index in [1.807, 2.05) is 17.5 Å². The average Bonchev–Trinajstić information content (AvgIpc) is 3.24. The number of anilines is 1. The fourth-order valence-corrected chi connectivity index (χ4v) is 3.04. The summed E-state index contributed by atoms with van der Waals surface area (Å²) < 4.78 is 39.4. The molecule has 0 saturated carbocycles. The number of nitrogens with one attached hydrogen (secondary N) is 2. The van der Waals surface area contributed by atoms with Gasteiger partial charge in [0, 0.05) is 0 Å². The molecule has 10 heteroatoms. The summed E-state index contributed by atoms with van der Waals surface area (Å²) in [6.07, 6.45) is 0. The van der Waals surface area contributed by atoms with E-state index in [4.69, 9.17) is 0 Å². The first-order valence-electron chi connectivity index (χ1n) is 6.57. The highest BCUT2D eigenvalue weighted by Crippen LogP contribution is 2.24. The number of halogens is 3. The lowest BCUT2D eigenvalue weighted by molar-refractivity contribution is -0.113. The lowest BCUT2D eigenvalue weighted by Crippen LogP contribution is -2.16. The first-order valence-corrected chi connectivity index (χ1v) is 8.43. The first-order chi connectivity index (χ1) is 11.5. The van der Waals surface area contributed by atoms with Crippen LogP contribution < -0.4 is 5.32 Å². The number of aromatic nitrogens is 3. The summed E-state index contributed by atoms with van der Waals surface area (Å²) in [4.78, 5) is 16.9. The Labute approximate surface area is 142 Å². The Kier molecular flexibility index (Phi) is 4.86. The molecule has 1 aromatic carbocycles. The number of amides is 1. The molecule has 0 aliphatic heterocycles. The van der Waals surface area contributed by atoms with Crippen LogP contribution in [0.15, 0.2) is 34.8 Å². The smallest absolute Gasteiger partial charge is 0.234 e. The molecule has 0 atom stereocenters. The Morgan fingerprint density at radius 3 is 2.83 bits per heavy atom. The van der Waals surface area contributed by atoms with Crippen LogP contribution in [0.1, 0.15) is 0 Å². The van der Waals surface area contributed by atoms with Crippen molar-refractivity contribution in [3.63, 3.8) is 0 Å². The van der Waals surface area contributed by atoms with Gasteiger partial charge in [0.15, 0.2) is 23.3 Å². The van der Waals surface area contributed by atoms with Crippen LogP contribution in [-0.2, 0) is 4.79 Å². The van der Waals surface area contributed by atoms with Crippen LogP contribution in [0.2, 0.25) is 0 Å².